The molecule has 0 fully saturated rings. The van der Waals surface area contributed by atoms with Crippen molar-refractivity contribution in [2.45, 2.75) is 25.3 Å². The van der Waals surface area contributed by atoms with E-state index in [1.165, 1.54) is 10.6 Å². The molecule has 0 amide bonds. The first-order valence-electron chi connectivity index (χ1n) is 6.65. The van der Waals surface area contributed by atoms with Crippen molar-refractivity contribution in [1.82, 2.24) is 10.3 Å². The van der Waals surface area contributed by atoms with Crippen molar-refractivity contribution in [3.05, 3.63) is 52.5 Å². The van der Waals surface area contributed by atoms with Crippen molar-refractivity contribution in [1.29, 1.82) is 0 Å². The molecule has 1 heterocycles. The Morgan fingerprint density at radius 3 is 2.74 bits per heavy atom. The minimum Gasteiger partial charge on any atom is -0.326 e. The summed E-state index contributed by atoms with van der Waals surface area (Å²) >= 11 is 1.71. The number of nitrogens with zero attached hydrogens (tertiary/aromatic N) is 1. The van der Waals surface area contributed by atoms with Gasteiger partial charge in [-0.3, -0.25) is 0 Å². The second kappa shape index (κ2) is 7.38. The van der Waals surface area contributed by atoms with Gasteiger partial charge in [-0.1, -0.05) is 37.3 Å². The van der Waals surface area contributed by atoms with Gasteiger partial charge >= 0.3 is 0 Å². The molecule has 3 nitrogen and oxygen atoms in total. The number of aromatic nitrogens is 1. The summed E-state index contributed by atoms with van der Waals surface area (Å²) in [6.07, 6.45) is 2.77. The zero-order valence-electron chi connectivity index (χ0n) is 11.3. The fourth-order valence-corrected chi connectivity index (χ4v) is 2.74. The molecule has 0 bridgehead atoms. The van der Waals surface area contributed by atoms with E-state index in [0.29, 0.717) is 5.92 Å². The number of nitrogens with two attached hydrogens (primary N) is 1. The first-order valence-corrected chi connectivity index (χ1v) is 7.53. The molecule has 0 aliphatic carbocycles. The number of nitrogens with one attached hydrogen (secondary N) is 1. The lowest BCUT2D eigenvalue weighted by molar-refractivity contribution is 0.545. The minimum atomic E-state index is 0.158. The standard InChI is InChI=1S/C15H21N3S/c1-12(15-18-7-8-19-15)10-17-11-14(16)9-13-5-3-2-4-6-13/h2-8,12,14,17H,9-11,16H2,1H3. The van der Waals surface area contributed by atoms with Crippen LogP contribution in [-0.2, 0) is 6.42 Å². The van der Waals surface area contributed by atoms with Gasteiger partial charge in [0.1, 0.15) is 0 Å². The lowest BCUT2D eigenvalue weighted by Crippen LogP contribution is -2.37. The molecule has 0 aliphatic rings. The summed E-state index contributed by atoms with van der Waals surface area (Å²) in [6.45, 7) is 3.95. The third-order valence-electron chi connectivity index (χ3n) is 3.07. The average Bonchev–Trinajstić information content (AvgIpc) is 2.93. The zero-order valence-corrected chi connectivity index (χ0v) is 12.1. The molecular formula is C15H21N3S. The monoisotopic (exact) mass is 275 g/mol. The van der Waals surface area contributed by atoms with E-state index in [4.69, 9.17) is 5.73 Å². The van der Waals surface area contributed by atoms with Crippen molar-refractivity contribution in [2.24, 2.45) is 5.73 Å². The molecule has 1 aromatic heterocycles. The molecule has 102 valence electrons. The Morgan fingerprint density at radius 2 is 2.05 bits per heavy atom. The van der Waals surface area contributed by atoms with E-state index in [1.807, 2.05) is 17.6 Å². The van der Waals surface area contributed by atoms with Crippen LogP contribution < -0.4 is 11.1 Å². The maximum absolute atomic E-state index is 6.14. The van der Waals surface area contributed by atoms with Gasteiger partial charge in [-0.25, -0.2) is 4.98 Å². The van der Waals surface area contributed by atoms with E-state index in [2.05, 4.69) is 41.5 Å². The molecule has 0 aliphatic heterocycles. The molecule has 0 spiro atoms. The Balaban J connectivity index is 1.68. The topological polar surface area (TPSA) is 50.9 Å². The largest absolute Gasteiger partial charge is 0.326 e. The summed E-state index contributed by atoms with van der Waals surface area (Å²) in [5, 5.41) is 6.64. The van der Waals surface area contributed by atoms with E-state index in [9.17, 15) is 0 Å². The Labute approximate surface area is 118 Å². The van der Waals surface area contributed by atoms with Gasteiger partial charge in [-0.05, 0) is 12.0 Å². The first kappa shape index (κ1) is 14.2. The predicted molar refractivity (Wildman–Crippen MR) is 81.5 cm³/mol. The Hall–Kier alpha value is -1.23. The average molecular weight is 275 g/mol. The first-order chi connectivity index (χ1) is 9.25. The smallest absolute Gasteiger partial charge is 0.0965 e. The van der Waals surface area contributed by atoms with Gasteiger partial charge in [-0.2, -0.15) is 0 Å². The molecule has 19 heavy (non-hydrogen) atoms. The fourth-order valence-electron chi connectivity index (χ4n) is 2.04. The van der Waals surface area contributed by atoms with Gasteiger partial charge < -0.3 is 11.1 Å². The van der Waals surface area contributed by atoms with Crippen molar-refractivity contribution in [3.63, 3.8) is 0 Å². The molecule has 0 saturated carbocycles. The Kier molecular flexibility index (Phi) is 5.51. The molecule has 0 radical (unpaired) electrons. The zero-order chi connectivity index (χ0) is 13.5. The lowest BCUT2D eigenvalue weighted by atomic mass is 10.1. The molecule has 2 aromatic rings. The second-order valence-corrected chi connectivity index (χ2v) is 5.81. The van der Waals surface area contributed by atoms with Crippen LogP contribution in [0.15, 0.2) is 41.9 Å². The fraction of sp³-hybridized carbons (Fsp3) is 0.400. The second-order valence-electron chi connectivity index (χ2n) is 4.88. The van der Waals surface area contributed by atoms with Gasteiger partial charge in [0.25, 0.3) is 0 Å². The highest BCUT2D eigenvalue weighted by Gasteiger charge is 2.09. The summed E-state index contributed by atoms with van der Waals surface area (Å²) in [6, 6.07) is 10.5. The number of hydrogen-bond donors (Lipinski definition) is 2. The van der Waals surface area contributed by atoms with Crippen LogP contribution in [0.4, 0.5) is 0 Å². The third-order valence-corrected chi connectivity index (χ3v) is 4.08. The predicted octanol–water partition coefficient (Wildman–Crippen LogP) is 2.41. The van der Waals surface area contributed by atoms with Crippen molar-refractivity contribution >= 4 is 11.3 Å². The molecule has 2 atom stereocenters. The lowest BCUT2D eigenvalue weighted by Gasteiger charge is -2.15. The maximum Gasteiger partial charge on any atom is 0.0965 e. The molecular weight excluding hydrogens is 254 g/mol. The number of benzene rings is 1. The van der Waals surface area contributed by atoms with Gasteiger partial charge in [-0.15, -0.1) is 11.3 Å². The molecule has 4 heteroatoms. The number of thiazole rings is 1. The summed E-state index contributed by atoms with van der Waals surface area (Å²) < 4.78 is 0. The molecule has 3 N–H and O–H groups in total. The van der Waals surface area contributed by atoms with Crippen LogP contribution in [0.25, 0.3) is 0 Å². The van der Waals surface area contributed by atoms with Crippen LogP contribution in [0.3, 0.4) is 0 Å². The molecule has 2 rings (SSSR count). The SMILES string of the molecule is CC(CNCC(N)Cc1ccccc1)c1nccs1. The molecule has 2 unspecified atom stereocenters. The van der Waals surface area contributed by atoms with E-state index in [-0.39, 0.29) is 6.04 Å². The highest BCUT2D eigenvalue weighted by Crippen LogP contribution is 2.16. The van der Waals surface area contributed by atoms with Crippen LogP contribution in [0.1, 0.15) is 23.4 Å². The van der Waals surface area contributed by atoms with Crippen molar-refractivity contribution < 1.29 is 0 Å². The summed E-state index contributed by atoms with van der Waals surface area (Å²) in [7, 11) is 0. The minimum absolute atomic E-state index is 0.158. The van der Waals surface area contributed by atoms with Gasteiger partial charge in [0.05, 0.1) is 5.01 Å². The van der Waals surface area contributed by atoms with Gasteiger partial charge in [0.15, 0.2) is 0 Å². The van der Waals surface area contributed by atoms with Crippen LogP contribution >= 0.6 is 11.3 Å². The molecule has 1 aromatic carbocycles. The summed E-state index contributed by atoms with van der Waals surface area (Å²) in [5.41, 5.74) is 7.43. The normalized spacial score (nSPS) is 14.2. The van der Waals surface area contributed by atoms with E-state index < -0.39 is 0 Å². The van der Waals surface area contributed by atoms with E-state index in [1.54, 1.807) is 11.3 Å². The van der Waals surface area contributed by atoms with E-state index >= 15 is 0 Å². The maximum atomic E-state index is 6.14. The Morgan fingerprint density at radius 1 is 1.26 bits per heavy atom. The van der Waals surface area contributed by atoms with Crippen LogP contribution in [0.5, 0.6) is 0 Å². The molecule has 0 saturated heterocycles. The summed E-state index contributed by atoms with van der Waals surface area (Å²) in [5.74, 6) is 0.448. The quantitative estimate of drug-likeness (QED) is 0.816. The van der Waals surface area contributed by atoms with Gasteiger partial charge in [0, 0.05) is 36.6 Å². The van der Waals surface area contributed by atoms with Crippen LogP contribution in [0.2, 0.25) is 0 Å². The van der Waals surface area contributed by atoms with Crippen molar-refractivity contribution in [2.75, 3.05) is 13.1 Å². The highest BCUT2D eigenvalue weighted by molar-refractivity contribution is 7.09. The number of hydrogen-bond acceptors (Lipinski definition) is 4. The summed E-state index contributed by atoms with van der Waals surface area (Å²) in [4.78, 5) is 4.33. The van der Waals surface area contributed by atoms with Crippen LogP contribution in [-0.4, -0.2) is 24.1 Å². The van der Waals surface area contributed by atoms with Crippen molar-refractivity contribution in [3.8, 4) is 0 Å². The third kappa shape index (κ3) is 4.74. The highest BCUT2D eigenvalue weighted by atomic mass is 32.1. The number of rotatable bonds is 7. The van der Waals surface area contributed by atoms with Gasteiger partial charge in [0.2, 0.25) is 0 Å². The Bertz CT molecular complexity index is 456. The van der Waals surface area contributed by atoms with E-state index in [0.717, 1.165) is 19.5 Å². The van der Waals surface area contributed by atoms with Crippen LogP contribution in [0, 0.1) is 0 Å².